The molecule has 0 saturated heterocycles. The average molecular weight is 193 g/mol. The third-order valence-electron chi connectivity index (χ3n) is 2.81. The molecule has 0 aliphatic heterocycles. The van der Waals surface area contributed by atoms with Crippen LogP contribution in [0.2, 0.25) is 0 Å². The topological polar surface area (TPSA) is 12.0 Å². The fourth-order valence-electron chi connectivity index (χ4n) is 2.16. The highest BCUT2D eigenvalue weighted by molar-refractivity contribution is 5.44. The minimum atomic E-state index is -0.176. The van der Waals surface area contributed by atoms with Crippen LogP contribution in [-0.2, 0) is 0 Å². The largest absolute Gasteiger partial charge is 0.382 e. The highest BCUT2D eigenvalue weighted by atomic mass is 19.1. The molecule has 14 heavy (non-hydrogen) atoms. The third-order valence-corrected chi connectivity index (χ3v) is 2.81. The highest BCUT2D eigenvalue weighted by Gasteiger charge is 2.35. The van der Waals surface area contributed by atoms with Crippen LogP contribution in [0.15, 0.2) is 24.3 Å². The molecule has 0 bridgehead atoms. The number of benzene rings is 1. The molecule has 0 unspecified atom stereocenters. The van der Waals surface area contributed by atoms with Gasteiger partial charge in [0.1, 0.15) is 5.82 Å². The summed E-state index contributed by atoms with van der Waals surface area (Å²) in [6.07, 6.45) is 2.40. The van der Waals surface area contributed by atoms with Crippen LogP contribution in [0.4, 0.5) is 10.1 Å². The van der Waals surface area contributed by atoms with E-state index in [-0.39, 0.29) is 5.82 Å². The fourth-order valence-corrected chi connectivity index (χ4v) is 2.16. The number of halogens is 1. The Balaban J connectivity index is 1.90. The summed E-state index contributed by atoms with van der Waals surface area (Å²) in [5.41, 5.74) is 1.50. The van der Waals surface area contributed by atoms with Gasteiger partial charge >= 0.3 is 0 Å². The zero-order valence-corrected chi connectivity index (χ0v) is 8.68. The van der Waals surface area contributed by atoms with Crippen LogP contribution in [0, 0.1) is 11.2 Å². The van der Waals surface area contributed by atoms with Gasteiger partial charge in [-0.3, -0.25) is 0 Å². The van der Waals surface area contributed by atoms with Crippen LogP contribution in [0.3, 0.4) is 0 Å². The number of rotatable bonds is 2. The maximum atomic E-state index is 12.6. The summed E-state index contributed by atoms with van der Waals surface area (Å²) < 4.78 is 12.6. The summed E-state index contributed by atoms with van der Waals surface area (Å²) in [6, 6.07) is 7.13. The second-order valence-corrected chi connectivity index (χ2v) is 4.92. The zero-order valence-electron chi connectivity index (χ0n) is 8.68. The van der Waals surface area contributed by atoms with Crippen LogP contribution in [0.5, 0.6) is 0 Å². The quantitative estimate of drug-likeness (QED) is 0.758. The Hall–Kier alpha value is -1.05. The number of nitrogens with one attached hydrogen (secondary N) is 1. The monoisotopic (exact) mass is 193 g/mol. The van der Waals surface area contributed by atoms with Crippen LogP contribution in [0.25, 0.3) is 0 Å². The van der Waals surface area contributed by atoms with Crippen LogP contribution in [-0.4, -0.2) is 6.04 Å². The van der Waals surface area contributed by atoms with Gasteiger partial charge in [-0.2, -0.15) is 0 Å². The van der Waals surface area contributed by atoms with Crippen molar-refractivity contribution in [2.75, 3.05) is 5.32 Å². The van der Waals surface area contributed by atoms with Gasteiger partial charge in [0.05, 0.1) is 0 Å². The van der Waals surface area contributed by atoms with E-state index in [9.17, 15) is 4.39 Å². The molecule has 0 heterocycles. The normalized spacial score (nSPS) is 20.2. The Morgan fingerprint density at radius 1 is 1.21 bits per heavy atom. The number of hydrogen-bond donors (Lipinski definition) is 1. The Labute approximate surface area is 84.3 Å². The molecule has 1 N–H and O–H groups in total. The van der Waals surface area contributed by atoms with Crippen molar-refractivity contribution in [2.24, 2.45) is 5.41 Å². The van der Waals surface area contributed by atoms with Crippen molar-refractivity contribution in [1.82, 2.24) is 0 Å². The average Bonchev–Trinajstić information content (AvgIpc) is 2.06. The molecule has 2 heteroatoms. The molecule has 0 radical (unpaired) electrons. The molecule has 1 aromatic carbocycles. The van der Waals surface area contributed by atoms with E-state index in [0.29, 0.717) is 11.5 Å². The minimum absolute atomic E-state index is 0.176. The molecular formula is C12H16FN. The molecule has 1 aliphatic carbocycles. The summed E-state index contributed by atoms with van der Waals surface area (Å²) >= 11 is 0. The third kappa shape index (κ3) is 2.06. The van der Waals surface area contributed by atoms with Gasteiger partial charge < -0.3 is 5.32 Å². The van der Waals surface area contributed by atoms with E-state index in [4.69, 9.17) is 0 Å². The molecule has 2 rings (SSSR count). The van der Waals surface area contributed by atoms with Gasteiger partial charge in [-0.05, 0) is 42.5 Å². The van der Waals surface area contributed by atoms with E-state index in [2.05, 4.69) is 19.2 Å². The first-order chi connectivity index (χ1) is 6.55. The Kier molecular flexibility index (Phi) is 2.22. The number of hydrogen-bond acceptors (Lipinski definition) is 1. The minimum Gasteiger partial charge on any atom is -0.382 e. The van der Waals surface area contributed by atoms with Crippen molar-refractivity contribution in [3.05, 3.63) is 30.1 Å². The van der Waals surface area contributed by atoms with E-state index in [1.165, 1.54) is 25.0 Å². The second kappa shape index (κ2) is 3.26. The molecule has 0 atom stereocenters. The van der Waals surface area contributed by atoms with Crippen molar-refractivity contribution in [2.45, 2.75) is 32.7 Å². The van der Waals surface area contributed by atoms with Gasteiger partial charge in [0.25, 0.3) is 0 Å². The molecule has 76 valence electrons. The molecule has 1 aliphatic rings. The molecule has 0 aromatic heterocycles. The predicted molar refractivity (Wildman–Crippen MR) is 56.8 cm³/mol. The first-order valence-electron chi connectivity index (χ1n) is 5.07. The van der Waals surface area contributed by atoms with Crippen molar-refractivity contribution in [3.8, 4) is 0 Å². The highest BCUT2D eigenvalue weighted by Crippen LogP contribution is 2.41. The van der Waals surface area contributed by atoms with E-state index < -0.39 is 0 Å². The maximum Gasteiger partial charge on any atom is 0.123 e. The summed E-state index contributed by atoms with van der Waals surface area (Å²) in [6.45, 7) is 4.55. The first-order valence-corrected chi connectivity index (χ1v) is 5.07. The lowest BCUT2D eigenvalue weighted by molar-refractivity contribution is 0.167. The standard InChI is InChI=1S/C12H16FN/c1-12(2)7-11(8-12)14-10-5-3-9(13)4-6-10/h3-6,11,14H,7-8H2,1-2H3. The van der Waals surface area contributed by atoms with Crippen LogP contribution in [0.1, 0.15) is 26.7 Å². The van der Waals surface area contributed by atoms with E-state index >= 15 is 0 Å². The lowest BCUT2D eigenvalue weighted by atomic mass is 9.68. The van der Waals surface area contributed by atoms with Gasteiger partial charge in [-0.25, -0.2) is 4.39 Å². The maximum absolute atomic E-state index is 12.6. The van der Waals surface area contributed by atoms with E-state index in [1.54, 1.807) is 12.1 Å². The summed E-state index contributed by atoms with van der Waals surface area (Å²) in [5.74, 6) is -0.176. The summed E-state index contributed by atoms with van der Waals surface area (Å²) in [4.78, 5) is 0. The van der Waals surface area contributed by atoms with E-state index in [0.717, 1.165) is 5.69 Å². The Bertz CT molecular complexity index is 308. The smallest absolute Gasteiger partial charge is 0.123 e. The van der Waals surface area contributed by atoms with Gasteiger partial charge in [-0.15, -0.1) is 0 Å². The van der Waals surface area contributed by atoms with Gasteiger partial charge in [0.2, 0.25) is 0 Å². The van der Waals surface area contributed by atoms with Crippen LogP contribution >= 0.6 is 0 Å². The Morgan fingerprint density at radius 3 is 2.29 bits per heavy atom. The van der Waals surface area contributed by atoms with Gasteiger partial charge in [0.15, 0.2) is 0 Å². The Morgan fingerprint density at radius 2 is 1.79 bits per heavy atom. The van der Waals surface area contributed by atoms with Crippen LogP contribution < -0.4 is 5.32 Å². The molecular weight excluding hydrogens is 177 g/mol. The van der Waals surface area contributed by atoms with Gasteiger partial charge in [-0.1, -0.05) is 13.8 Å². The molecule has 1 fully saturated rings. The second-order valence-electron chi connectivity index (χ2n) is 4.92. The SMILES string of the molecule is CC1(C)CC(Nc2ccc(F)cc2)C1. The molecule has 1 nitrogen and oxygen atoms in total. The fraction of sp³-hybridized carbons (Fsp3) is 0.500. The molecule has 1 saturated carbocycles. The number of anilines is 1. The van der Waals surface area contributed by atoms with Crippen molar-refractivity contribution >= 4 is 5.69 Å². The van der Waals surface area contributed by atoms with Crippen molar-refractivity contribution in [3.63, 3.8) is 0 Å². The van der Waals surface area contributed by atoms with Gasteiger partial charge in [0, 0.05) is 11.7 Å². The predicted octanol–water partition coefficient (Wildman–Crippen LogP) is 3.43. The molecule has 0 spiro atoms. The van der Waals surface area contributed by atoms with Crippen molar-refractivity contribution in [1.29, 1.82) is 0 Å². The van der Waals surface area contributed by atoms with Crippen molar-refractivity contribution < 1.29 is 4.39 Å². The lowest BCUT2D eigenvalue weighted by Crippen LogP contribution is -2.41. The molecule has 1 aromatic rings. The molecule has 0 amide bonds. The van der Waals surface area contributed by atoms with E-state index in [1.807, 2.05) is 0 Å². The lowest BCUT2D eigenvalue weighted by Gasteiger charge is -2.43. The zero-order chi connectivity index (χ0) is 10.2. The summed E-state index contributed by atoms with van der Waals surface area (Å²) in [5, 5.41) is 3.39. The summed E-state index contributed by atoms with van der Waals surface area (Å²) in [7, 11) is 0. The first kappa shape index (κ1) is 9.50.